The van der Waals surface area contributed by atoms with Gasteiger partial charge in [0.15, 0.2) is 0 Å². The van der Waals surface area contributed by atoms with Crippen molar-refractivity contribution < 1.29 is 34.7 Å². The molecule has 0 bridgehead atoms. The summed E-state index contributed by atoms with van der Waals surface area (Å²) in [6.07, 6.45) is 67.7. The van der Waals surface area contributed by atoms with Crippen LogP contribution < -0.4 is 0 Å². The molecule has 0 N–H and O–H groups in total. The maximum atomic E-state index is 2.59. The van der Waals surface area contributed by atoms with Gasteiger partial charge in [0.1, 0.15) is 0 Å². The molecule has 0 rings (SSSR count). The molecule has 0 amide bonds. The minimum Gasteiger partial charge on any atom is -0.317 e. The SMILES string of the molecule is CCCCC(C)(C)[C-](C(C)(C)CCCC)C(C)(C)CCCC.CCCCC(C)(C)[C-](C(C)(C)CCCC)C(C)(C)CCCC.CCCCC(C)(C)[C-](C(C)(C)CCCC)C(C)(C)CCCC.CCCCC(C)(C)[CH-]C(C)(C)CCCC.CCCCC(C)(C)[CH-]C(C)(C)CCCC.CCCCC(C)(C)[CH-]C(C)(C)CCCC.[Cr+3].[Cr+3]. The zero-order chi connectivity index (χ0) is 88.2. The van der Waals surface area contributed by atoms with Crippen LogP contribution in [0.15, 0.2) is 0 Å². The van der Waals surface area contributed by atoms with Crippen molar-refractivity contribution in [2.45, 2.75) is 601 Å². The summed E-state index contributed by atoms with van der Waals surface area (Å²) >= 11 is 0. The summed E-state index contributed by atoms with van der Waals surface area (Å²) in [6.45, 7) is 108. The van der Waals surface area contributed by atoms with Crippen LogP contribution in [-0.4, -0.2) is 0 Å². The van der Waals surface area contributed by atoms with Gasteiger partial charge in [-0.1, -0.05) is 601 Å². The molecule has 0 aromatic rings. The fourth-order valence-corrected chi connectivity index (χ4v) is 22.3. The van der Waals surface area contributed by atoms with E-state index in [1.807, 2.05) is 17.8 Å². The van der Waals surface area contributed by atoms with E-state index in [0.29, 0.717) is 81.2 Å². The van der Waals surface area contributed by atoms with E-state index in [1.165, 1.54) is 289 Å². The second-order valence-electron chi connectivity index (χ2n) is 47.0. The Labute approximate surface area is 748 Å². The number of hydrogen-bond donors (Lipinski definition) is 0. The van der Waals surface area contributed by atoms with Crippen LogP contribution in [0.4, 0.5) is 0 Å². The summed E-state index contributed by atoms with van der Waals surface area (Å²) in [6, 6.07) is 0. The molecular weight excluding hydrogens is 1440 g/mol. The van der Waals surface area contributed by atoms with Gasteiger partial charge >= 0.3 is 34.7 Å². The van der Waals surface area contributed by atoms with Gasteiger partial charge in [-0.2, -0.15) is 81.2 Å². The van der Waals surface area contributed by atoms with Crippen LogP contribution in [0.2, 0.25) is 0 Å². The fourth-order valence-electron chi connectivity index (χ4n) is 22.3. The van der Waals surface area contributed by atoms with Crippen LogP contribution in [0, 0.1) is 118 Å². The molecule has 2 radical (unpaired) electrons. The van der Waals surface area contributed by atoms with Gasteiger partial charge in [0.2, 0.25) is 0 Å². The normalized spacial score (nSPS) is 13.4. The van der Waals surface area contributed by atoms with Gasteiger partial charge in [-0.15, -0.1) is 0 Å². The predicted octanol–water partition coefficient (Wildman–Crippen LogP) is 41.5. The van der Waals surface area contributed by atoms with E-state index in [9.17, 15) is 0 Å². The molecule has 0 aromatic carbocycles. The zero-order valence-corrected chi connectivity index (χ0v) is 90.9. The first-order chi connectivity index (χ1) is 50.6. The molecule has 113 heavy (non-hydrogen) atoms. The van der Waals surface area contributed by atoms with E-state index in [2.05, 4.69) is 331 Å². The molecule has 0 fully saturated rings. The van der Waals surface area contributed by atoms with Crippen molar-refractivity contribution in [3.63, 3.8) is 0 Å². The summed E-state index contributed by atoms with van der Waals surface area (Å²) in [5, 5.41) is 0. The number of hydrogen-bond acceptors (Lipinski definition) is 0. The van der Waals surface area contributed by atoms with Crippen LogP contribution in [-0.2, 0) is 34.7 Å². The molecule has 0 spiro atoms. The molecule has 0 aliphatic carbocycles. The van der Waals surface area contributed by atoms with Crippen molar-refractivity contribution >= 4 is 0 Å². The van der Waals surface area contributed by atoms with Gasteiger partial charge in [0, 0.05) is 0 Å². The van der Waals surface area contributed by atoms with Gasteiger partial charge in [-0.3, -0.25) is 17.8 Å². The van der Waals surface area contributed by atoms with E-state index < -0.39 is 0 Å². The third-order valence-electron chi connectivity index (χ3n) is 25.9. The monoisotopic (exact) mass is 1670 g/mol. The van der Waals surface area contributed by atoms with Gasteiger partial charge < -0.3 is 19.3 Å². The smallest absolute Gasteiger partial charge is 0.317 e. The van der Waals surface area contributed by atoms with E-state index in [-0.39, 0.29) is 34.7 Å². The molecule has 0 nitrogen and oxygen atoms in total. The molecule has 0 aliphatic rings. The maximum Gasteiger partial charge on any atom is 3.00 e. The maximum absolute atomic E-state index is 2.59. The van der Waals surface area contributed by atoms with Gasteiger partial charge in [-0.25, -0.2) is 0 Å². The Kier molecular flexibility index (Phi) is 74.3. The second kappa shape index (κ2) is 64.8. The number of unbranched alkanes of at least 4 members (excludes halogenated alkanes) is 15. The van der Waals surface area contributed by atoms with E-state index in [1.54, 1.807) is 0 Å². The van der Waals surface area contributed by atoms with Crippen LogP contribution in [0.3, 0.4) is 0 Å². The molecule has 0 aromatic heterocycles. The van der Waals surface area contributed by atoms with Crippen molar-refractivity contribution in [2.75, 3.05) is 0 Å². The Bertz CT molecular complexity index is 1640. The standard InChI is InChI=1S/3C22H45.3C15H31.2Cr/c3*1-10-13-16-20(4,5)19(21(6,7)17-14-11-2)22(8,9)18-15-12-3;3*1-7-9-11-14(3,4)13-15(5,6)12-10-8-2;;/h3*10-18H2,1-9H3;3*13H,7-12H2,1-6H3;;/q6*-1;2*+3. The topological polar surface area (TPSA) is 0 Å². The van der Waals surface area contributed by atoms with E-state index >= 15 is 0 Å². The van der Waals surface area contributed by atoms with Crippen LogP contribution >= 0.6 is 0 Å². The third kappa shape index (κ3) is 63.6. The molecule has 0 atom stereocenters. The molecular formula is C111H228Cr2. The Balaban J connectivity index is -0.000000196. The predicted molar refractivity (Wildman–Crippen MR) is 522 cm³/mol. The summed E-state index contributed by atoms with van der Waals surface area (Å²) in [5.74, 6) is 5.51. The summed E-state index contributed by atoms with van der Waals surface area (Å²) in [4.78, 5) is 0. The van der Waals surface area contributed by atoms with Gasteiger partial charge in [0.25, 0.3) is 0 Å². The summed E-state index contributed by atoms with van der Waals surface area (Å²) < 4.78 is 0. The molecule has 0 aliphatic heterocycles. The van der Waals surface area contributed by atoms with Crippen molar-refractivity contribution in [2.24, 2.45) is 81.2 Å². The summed E-state index contributed by atoms with van der Waals surface area (Å²) in [5.41, 5.74) is 5.62. The Hall–Kier alpha value is 1.06. The van der Waals surface area contributed by atoms with Gasteiger partial charge in [0.05, 0.1) is 0 Å². The molecule has 2 heteroatoms. The Morgan fingerprint density at radius 3 is 0.274 bits per heavy atom. The zero-order valence-electron chi connectivity index (χ0n) is 88.4. The number of rotatable bonds is 60. The van der Waals surface area contributed by atoms with Crippen molar-refractivity contribution in [1.29, 1.82) is 0 Å². The minimum atomic E-state index is 0. The molecule has 684 valence electrons. The van der Waals surface area contributed by atoms with Crippen molar-refractivity contribution in [3.8, 4) is 0 Å². The molecule has 0 unspecified atom stereocenters. The minimum absolute atomic E-state index is 0. The average molecular weight is 1670 g/mol. The first-order valence-electron chi connectivity index (χ1n) is 49.9. The first-order valence-corrected chi connectivity index (χ1v) is 49.9. The van der Waals surface area contributed by atoms with Crippen molar-refractivity contribution in [1.82, 2.24) is 0 Å². The quantitative estimate of drug-likeness (QED) is 0.0533. The van der Waals surface area contributed by atoms with Crippen LogP contribution in [0.5, 0.6) is 0 Å². The fraction of sp³-hybridized carbons (Fsp3) is 0.946. The second-order valence-corrected chi connectivity index (χ2v) is 47.0. The Morgan fingerprint density at radius 2 is 0.204 bits per heavy atom. The molecule has 0 saturated heterocycles. The molecule has 0 saturated carbocycles. The molecule has 0 heterocycles. The van der Waals surface area contributed by atoms with Crippen molar-refractivity contribution in [3.05, 3.63) is 37.0 Å². The van der Waals surface area contributed by atoms with Crippen LogP contribution in [0.25, 0.3) is 0 Å². The third-order valence-corrected chi connectivity index (χ3v) is 25.9. The van der Waals surface area contributed by atoms with E-state index in [0.717, 1.165) is 0 Å². The Morgan fingerprint density at radius 1 is 0.133 bits per heavy atom. The van der Waals surface area contributed by atoms with Crippen LogP contribution in [0.1, 0.15) is 601 Å². The average Bonchev–Trinajstić information content (AvgIpc) is 0.779. The van der Waals surface area contributed by atoms with E-state index in [4.69, 9.17) is 0 Å². The summed E-state index contributed by atoms with van der Waals surface area (Å²) in [7, 11) is 0. The largest absolute Gasteiger partial charge is 3.00 e. The first kappa shape index (κ1) is 130. The van der Waals surface area contributed by atoms with Gasteiger partial charge in [-0.05, 0) is 0 Å².